The van der Waals surface area contributed by atoms with Crippen LogP contribution in [0.4, 0.5) is 17.2 Å². The first-order valence-electron chi connectivity index (χ1n) is 11.0. The fourth-order valence-corrected chi connectivity index (χ4v) is 3.60. The molecule has 1 aliphatic rings. The van der Waals surface area contributed by atoms with Crippen LogP contribution in [0.15, 0.2) is 71.1 Å². The van der Waals surface area contributed by atoms with Crippen molar-refractivity contribution in [2.24, 2.45) is 4.99 Å². The second-order valence-corrected chi connectivity index (χ2v) is 7.77. The Balaban J connectivity index is 1.78. The van der Waals surface area contributed by atoms with Gasteiger partial charge in [0.25, 0.3) is 0 Å². The molecule has 3 heterocycles. The molecule has 0 saturated heterocycles. The van der Waals surface area contributed by atoms with Crippen LogP contribution in [0.1, 0.15) is 26.3 Å². The summed E-state index contributed by atoms with van der Waals surface area (Å²) in [4.78, 5) is 26.5. The van der Waals surface area contributed by atoms with Crippen molar-refractivity contribution >= 4 is 35.2 Å². The van der Waals surface area contributed by atoms with Gasteiger partial charge in [0.05, 0.1) is 18.5 Å². The molecule has 0 aliphatic carbocycles. The molecule has 0 unspecified atom stereocenters. The van der Waals surface area contributed by atoms with Crippen molar-refractivity contribution in [1.82, 2.24) is 9.97 Å². The molecule has 0 spiro atoms. The monoisotopic (exact) mass is 470 g/mol. The maximum Gasteiger partial charge on any atom is 0.302 e. The first-order chi connectivity index (χ1) is 16.9. The molecule has 0 bridgehead atoms. The number of hydrogen-bond acceptors (Lipinski definition) is 8. The number of methoxy groups -OCH3 is 1. The number of pyridine rings is 2. The third-order valence-corrected chi connectivity index (χ3v) is 5.41. The summed E-state index contributed by atoms with van der Waals surface area (Å²) in [6, 6.07) is 15.2. The molecule has 0 saturated carbocycles. The molecule has 2 aromatic heterocycles. The van der Waals surface area contributed by atoms with Gasteiger partial charge in [-0.2, -0.15) is 0 Å². The second kappa shape index (κ2) is 10.2. The normalized spacial score (nSPS) is 13.9. The van der Waals surface area contributed by atoms with Crippen molar-refractivity contribution < 1.29 is 14.3 Å². The van der Waals surface area contributed by atoms with E-state index in [1.807, 2.05) is 54.3 Å². The van der Waals surface area contributed by atoms with Gasteiger partial charge in [-0.3, -0.25) is 15.1 Å². The van der Waals surface area contributed by atoms with E-state index in [4.69, 9.17) is 19.9 Å². The van der Waals surface area contributed by atoms with Gasteiger partial charge in [0, 0.05) is 42.2 Å². The minimum atomic E-state index is -0.327. The molecule has 0 fully saturated rings. The number of nitrogens with zero attached hydrogens (tertiary/aromatic N) is 4. The van der Waals surface area contributed by atoms with Gasteiger partial charge >= 0.3 is 5.97 Å². The lowest BCUT2D eigenvalue weighted by atomic mass is 10.1. The summed E-state index contributed by atoms with van der Waals surface area (Å²) in [5.74, 6) is 1.74. The number of benzene rings is 1. The fraction of sp³-hybridized carbons (Fsp3) is 0.192. The quantitative estimate of drug-likeness (QED) is 0.293. The molecule has 0 amide bonds. The number of carbonyl (C=O) groups excluding carboxylic acids is 1. The summed E-state index contributed by atoms with van der Waals surface area (Å²) in [6.07, 6.45) is 3.31. The van der Waals surface area contributed by atoms with Gasteiger partial charge in [-0.15, -0.1) is 0 Å². The highest BCUT2D eigenvalue weighted by atomic mass is 16.5. The molecule has 178 valence electrons. The van der Waals surface area contributed by atoms with Gasteiger partial charge in [0.15, 0.2) is 11.7 Å². The number of aromatic nitrogens is 2. The van der Waals surface area contributed by atoms with Gasteiger partial charge in [0.2, 0.25) is 5.88 Å². The van der Waals surface area contributed by atoms with Crippen LogP contribution in [0.2, 0.25) is 0 Å². The molecule has 2 N–H and O–H groups in total. The Kier molecular flexibility index (Phi) is 6.86. The highest BCUT2D eigenvalue weighted by Gasteiger charge is 2.30. The zero-order valence-electron chi connectivity index (χ0n) is 20.0. The minimum Gasteiger partial charge on any atom is -0.481 e. The van der Waals surface area contributed by atoms with E-state index in [0.29, 0.717) is 23.1 Å². The highest BCUT2D eigenvalue weighted by molar-refractivity contribution is 6.03. The number of fused-ring (bicyclic) bond motifs is 1. The number of amidine groups is 1. The predicted octanol–water partition coefficient (Wildman–Crippen LogP) is 5.08. The number of nitrogens with one attached hydrogen (secondary N) is 2. The standard InChI is InChI=1S/C26H26N6O3/c1-5-28-24(27)16(2)25-31-22-12-11-21(19-8-13-23(34-4)29-14-19)30-26(22)32(25)20-9-6-18(7-10-20)15-35-17(3)33/h5-14,27,31H,15H2,1-4H3. The molecule has 1 aliphatic heterocycles. The van der Waals surface area contributed by atoms with E-state index in [2.05, 4.69) is 15.3 Å². The maximum atomic E-state index is 11.2. The van der Waals surface area contributed by atoms with E-state index >= 15 is 0 Å². The van der Waals surface area contributed by atoms with E-state index in [-0.39, 0.29) is 18.4 Å². The van der Waals surface area contributed by atoms with Crippen molar-refractivity contribution in [2.75, 3.05) is 17.3 Å². The number of rotatable bonds is 6. The summed E-state index contributed by atoms with van der Waals surface area (Å²) in [5.41, 5.74) is 4.77. The number of aliphatic imine (C=N–C) groups is 1. The summed E-state index contributed by atoms with van der Waals surface area (Å²) in [7, 11) is 1.58. The SMILES string of the molecule is CC=NC(=N)C(C)=C1Nc2ccc(-c3ccc(OC)nc3)nc2N1c1ccc(COC(C)=O)cc1. The Morgan fingerprint density at radius 1 is 1.14 bits per heavy atom. The van der Waals surface area contributed by atoms with Crippen molar-refractivity contribution in [1.29, 1.82) is 5.41 Å². The van der Waals surface area contributed by atoms with Crippen molar-refractivity contribution in [2.45, 2.75) is 27.4 Å². The first kappa shape index (κ1) is 23.6. The Morgan fingerprint density at radius 3 is 2.54 bits per heavy atom. The van der Waals surface area contributed by atoms with Crippen LogP contribution in [0.3, 0.4) is 0 Å². The van der Waals surface area contributed by atoms with Gasteiger partial charge in [-0.1, -0.05) is 12.1 Å². The summed E-state index contributed by atoms with van der Waals surface area (Å²) < 4.78 is 10.3. The van der Waals surface area contributed by atoms with E-state index in [9.17, 15) is 4.79 Å². The highest BCUT2D eigenvalue weighted by Crippen LogP contribution is 2.42. The Morgan fingerprint density at radius 2 is 1.91 bits per heavy atom. The molecule has 0 atom stereocenters. The van der Waals surface area contributed by atoms with Crippen molar-refractivity contribution in [3.63, 3.8) is 0 Å². The molecular formula is C26H26N6O3. The van der Waals surface area contributed by atoms with Gasteiger partial charge in [-0.05, 0) is 49.7 Å². The molecule has 3 aromatic rings. The molecular weight excluding hydrogens is 444 g/mol. The zero-order valence-corrected chi connectivity index (χ0v) is 20.0. The summed E-state index contributed by atoms with van der Waals surface area (Å²) >= 11 is 0. The van der Waals surface area contributed by atoms with E-state index in [1.54, 1.807) is 32.5 Å². The number of carbonyl (C=O) groups is 1. The van der Waals surface area contributed by atoms with E-state index < -0.39 is 0 Å². The smallest absolute Gasteiger partial charge is 0.302 e. The van der Waals surface area contributed by atoms with Crippen LogP contribution in [0.25, 0.3) is 11.3 Å². The lowest BCUT2D eigenvalue weighted by Gasteiger charge is -2.22. The topological polar surface area (TPSA) is 113 Å². The van der Waals surface area contributed by atoms with Crippen molar-refractivity contribution in [3.05, 3.63) is 71.7 Å². The van der Waals surface area contributed by atoms with Crippen molar-refractivity contribution in [3.8, 4) is 17.1 Å². The Bertz CT molecular complexity index is 1310. The van der Waals surface area contributed by atoms with Crippen LogP contribution >= 0.6 is 0 Å². The molecule has 9 heteroatoms. The minimum absolute atomic E-state index is 0.152. The van der Waals surface area contributed by atoms with Crippen LogP contribution < -0.4 is 15.0 Å². The number of esters is 1. The van der Waals surface area contributed by atoms with E-state index in [1.165, 1.54) is 6.92 Å². The largest absolute Gasteiger partial charge is 0.481 e. The summed E-state index contributed by atoms with van der Waals surface area (Å²) in [5, 5.41) is 11.7. The van der Waals surface area contributed by atoms with E-state index in [0.717, 1.165) is 28.2 Å². The maximum absolute atomic E-state index is 11.2. The molecule has 35 heavy (non-hydrogen) atoms. The second-order valence-electron chi connectivity index (χ2n) is 7.77. The van der Waals surface area contributed by atoms with Crippen LogP contribution in [-0.2, 0) is 16.1 Å². The van der Waals surface area contributed by atoms with Gasteiger partial charge in [-0.25, -0.2) is 15.0 Å². The Hall–Kier alpha value is -4.53. The van der Waals surface area contributed by atoms with Gasteiger partial charge in [0.1, 0.15) is 12.4 Å². The van der Waals surface area contributed by atoms with Crippen LogP contribution in [0.5, 0.6) is 5.88 Å². The fourth-order valence-electron chi connectivity index (χ4n) is 3.60. The van der Waals surface area contributed by atoms with Gasteiger partial charge < -0.3 is 14.8 Å². The zero-order chi connectivity index (χ0) is 24.9. The molecule has 1 aromatic carbocycles. The first-order valence-corrected chi connectivity index (χ1v) is 11.0. The van der Waals surface area contributed by atoms with Crippen LogP contribution in [-0.4, -0.2) is 35.1 Å². The molecule has 9 nitrogen and oxygen atoms in total. The third kappa shape index (κ3) is 5.03. The predicted molar refractivity (Wildman–Crippen MR) is 136 cm³/mol. The average molecular weight is 471 g/mol. The number of ether oxygens (including phenoxy) is 2. The third-order valence-electron chi connectivity index (χ3n) is 5.41. The lowest BCUT2D eigenvalue weighted by Crippen LogP contribution is -2.19. The lowest BCUT2D eigenvalue weighted by molar-refractivity contribution is -0.142. The average Bonchev–Trinajstić information content (AvgIpc) is 3.26. The Labute approximate surface area is 203 Å². The number of anilines is 3. The molecule has 0 radical (unpaired) electrons. The molecule has 4 rings (SSSR count). The summed E-state index contributed by atoms with van der Waals surface area (Å²) in [6.45, 7) is 5.21. The number of hydrogen-bond donors (Lipinski definition) is 2. The van der Waals surface area contributed by atoms with Crippen LogP contribution in [0, 0.1) is 5.41 Å².